The normalized spacial score (nSPS) is 19.6. The molecule has 27 heavy (non-hydrogen) atoms. The van der Waals surface area contributed by atoms with Gasteiger partial charge < -0.3 is 9.47 Å². The summed E-state index contributed by atoms with van der Waals surface area (Å²) in [7, 11) is 3.44. The largest absolute Gasteiger partial charge is 0.497 e. The monoisotopic (exact) mass is 366 g/mol. The topological polar surface area (TPSA) is 24.9 Å². The zero-order valence-corrected chi connectivity index (χ0v) is 16.5. The van der Waals surface area contributed by atoms with Crippen LogP contribution >= 0.6 is 0 Å². The molecule has 0 atom stereocenters. The van der Waals surface area contributed by atoms with Crippen LogP contribution in [-0.4, -0.2) is 50.2 Å². The van der Waals surface area contributed by atoms with Gasteiger partial charge in [0.05, 0.1) is 14.2 Å². The van der Waals surface area contributed by atoms with Crippen LogP contribution in [0, 0.1) is 5.41 Å². The lowest BCUT2D eigenvalue weighted by Crippen LogP contribution is -2.30. The minimum atomic E-state index is 0.491. The number of nitrogens with zero attached hydrogens (tertiary/aromatic N) is 2. The summed E-state index contributed by atoms with van der Waals surface area (Å²) >= 11 is 0. The van der Waals surface area contributed by atoms with Gasteiger partial charge >= 0.3 is 0 Å². The highest BCUT2D eigenvalue weighted by atomic mass is 16.5. The van der Waals surface area contributed by atoms with E-state index in [1.165, 1.54) is 37.1 Å². The van der Waals surface area contributed by atoms with Crippen LogP contribution < -0.4 is 9.47 Å². The quantitative estimate of drug-likeness (QED) is 0.776. The van der Waals surface area contributed by atoms with E-state index >= 15 is 0 Å². The van der Waals surface area contributed by atoms with Gasteiger partial charge in [-0.2, -0.15) is 0 Å². The molecule has 1 saturated carbocycles. The Bertz CT molecular complexity index is 758. The molecular weight excluding hydrogens is 336 g/mol. The van der Waals surface area contributed by atoms with Crippen LogP contribution in [0.3, 0.4) is 0 Å². The third-order valence-electron chi connectivity index (χ3n) is 5.94. The van der Waals surface area contributed by atoms with E-state index in [1.807, 2.05) is 12.1 Å². The summed E-state index contributed by atoms with van der Waals surface area (Å²) in [5.41, 5.74) is 3.15. The number of hydrogen-bond donors (Lipinski definition) is 0. The van der Waals surface area contributed by atoms with Crippen molar-refractivity contribution in [3.63, 3.8) is 0 Å². The highest BCUT2D eigenvalue weighted by molar-refractivity contribution is 5.40. The Kier molecular flexibility index (Phi) is 5.37. The maximum absolute atomic E-state index is 5.61. The Morgan fingerprint density at radius 2 is 1.56 bits per heavy atom. The molecule has 2 aromatic rings. The molecule has 1 saturated heterocycles. The average Bonchev–Trinajstić information content (AvgIpc) is 3.48. The summed E-state index contributed by atoms with van der Waals surface area (Å²) in [6, 6.07) is 17.0. The first-order valence-corrected chi connectivity index (χ1v) is 9.89. The van der Waals surface area contributed by atoms with Crippen LogP contribution in [0.2, 0.25) is 0 Å². The van der Waals surface area contributed by atoms with Gasteiger partial charge in [-0.1, -0.05) is 36.4 Å². The summed E-state index contributed by atoms with van der Waals surface area (Å²) in [5, 5.41) is 0. The van der Waals surface area contributed by atoms with Gasteiger partial charge in [-0.3, -0.25) is 9.80 Å². The molecule has 2 aliphatic rings. The average molecular weight is 367 g/mol. The first kappa shape index (κ1) is 18.3. The highest BCUT2D eigenvalue weighted by Crippen LogP contribution is 2.48. The maximum atomic E-state index is 5.61. The van der Waals surface area contributed by atoms with E-state index in [2.05, 4.69) is 46.2 Å². The molecule has 0 N–H and O–H groups in total. The molecule has 1 spiro atoms. The van der Waals surface area contributed by atoms with E-state index in [0.717, 1.165) is 37.7 Å². The molecule has 0 unspecified atom stereocenters. The second kappa shape index (κ2) is 7.91. The Hall–Kier alpha value is -2.04. The van der Waals surface area contributed by atoms with Crippen molar-refractivity contribution in [3.8, 4) is 11.5 Å². The first-order valence-electron chi connectivity index (χ1n) is 9.89. The van der Waals surface area contributed by atoms with Gasteiger partial charge in [0, 0.05) is 50.9 Å². The van der Waals surface area contributed by atoms with E-state index in [4.69, 9.17) is 9.47 Å². The molecule has 2 aromatic carbocycles. The molecule has 4 nitrogen and oxygen atoms in total. The molecule has 1 aliphatic carbocycles. The SMILES string of the molecule is COc1ccc(CN2CCN(Cc3ccccc3)CC3(CC3)C2)c(OC)c1. The van der Waals surface area contributed by atoms with Gasteiger partial charge in [-0.05, 0) is 29.9 Å². The Morgan fingerprint density at radius 1 is 0.852 bits per heavy atom. The van der Waals surface area contributed by atoms with Crippen LogP contribution in [0.15, 0.2) is 48.5 Å². The van der Waals surface area contributed by atoms with Crippen molar-refractivity contribution < 1.29 is 9.47 Å². The Balaban J connectivity index is 1.44. The molecule has 144 valence electrons. The first-order chi connectivity index (χ1) is 13.2. The standard InChI is InChI=1S/C23H30N2O2/c1-26-21-9-8-20(22(14-21)27-2)16-25-13-12-24(17-23(18-25)10-11-23)15-19-6-4-3-5-7-19/h3-9,14H,10-13,15-18H2,1-2H3. The van der Waals surface area contributed by atoms with Gasteiger partial charge in [0.15, 0.2) is 0 Å². The van der Waals surface area contributed by atoms with E-state index in [0.29, 0.717) is 5.41 Å². The maximum Gasteiger partial charge on any atom is 0.127 e. The van der Waals surface area contributed by atoms with Crippen molar-refractivity contribution in [2.24, 2.45) is 5.41 Å². The summed E-state index contributed by atoms with van der Waals surface area (Å²) < 4.78 is 10.9. The molecule has 0 amide bonds. The van der Waals surface area contributed by atoms with Crippen molar-refractivity contribution >= 4 is 0 Å². The van der Waals surface area contributed by atoms with Gasteiger partial charge in [0.1, 0.15) is 11.5 Å². The second-order valence-electron chi connectivity index (χ2n) is 8.08. The molecule has 1 aliphatic heterocycles. The van der Waals surface area contributed by atoms with E-state index in [9.17, 15) is 0 Å². The fourth-order valence-electron chi connectivity index (χ4n) is 4.27. The van der Waals surface area contributed by atoms with Gasteiger partial charge in [-0.25, -0.2) is 0 Å². The summed E-state index contributed by atoms with van der Waals surface area (Å²) in [5.74, 6) is 1.77. The Morgan fingerprint density at radius 3 is 2.19 bits per heavy atom. The smallest absolute Gasteiger partial charge is 0.127 e. The third kappa shape index (κ3) is 4.45. The molecule has 2 fully saturated rings. The van der Waals surface area contributed by atoms with Crippen LogP contribution in [0.5, 0.6) is 11.5 Å². The minimum Gasteiger partial charge on any atom is -0.497 e. The van der Waals surface area contributed by atoms with Crippen LogP contribution in [0.25, 0.3) is 0 Å². The molecule has 0 bridgehead atoms. The molecule has 0 radical (unpaired) electrons. The van der Waals surface area contributed by atoms with Crippen molar-refractivity contribution in [2.75, 3.05) is 40.4 Å². The highest BCUT2D eigenvalue weighted by Gasteiger charge is 2.46. The lowest BCUT2D eigenvalue weighted by atomic mass is 10.1. The van der Waals surface area contributed by atoms with Crippen LogP contribution in [-0.2, 0) is 13.1 Å². The fourth-order valence-corrected chi connectivity index (χ4v) is 4.27. The van der Waals surface area contributed by atoms with Gasteiger partial charge in [0.25, 0.3) is 0 Å². The predicted octanol–water partition coefficient (Wildman–Crippen LogP) is 3.80. The lowest BCUT2D eigenvalue weighted by molar-refractivity contribution is 0.233. The summed E-state index contributed by atoms with van der Waals surface area (Å²) in [6.07, 6.45) is 2.71. The number of rotatable bonds is 6. The summed E-state index contributed by atoms with van der Waals surface area (Å²) in [4.78, 5) is 5.26. The van der Waals surface area contributed by atoms with Crippen molar-refractivity contribution in [1.29, 1.82) is 0 Å². The second-order valence-corrected chi connectivity index (χ2v) is 8.08. The molecule has 1 heterocycles. The number of methoxy groups -OCH3 is 2. The van der Waals surface area contributed by atoms with E-state index < -0.39 is 0 Å². The molecule has 4 heteroatoms. The minimum absolute atomic E-state index is 0.491. The number of hydrogen-bond acceptors (Lipinski definition) is 4. The van der Waals surface area contributed by atoms with Crippen LogP contribution in [0.1, 0.15) is 24.0 Å². The number of ether oxygens (including phenoxy) is 2. The number of benzene rings is 2. The van der Waals surface area contributed by atoms with Gasteiger partial charge in [-0.15, -0.1) is 0 Å². The predicted molar refractivity (Wildman–Crippen MR) is 108 cm³/mol. The van der Waals surface area contributed by atoms with Gasteiger partial charge in [0.2, 0.25) is 0 Å². The zero-order chi connectivity index (χ0) is 18.7. The van der Waals surface area contributed by atoms with Crippen LogP contribution in [0.4, 0.5) is 0 Å². The summed E-state index contributed by atoms with van der Waals surface area (Å²) in [6.45, 7) is 6.63. The van der Waals surface area contributed by atoms with Crippen molar-refractivity contribution in [2.45, 2.75) is 25.9 Å². The Labute approximate surface area is 162 Å². The molecule has 0 aromatic heterocycles. The van der Waals surface area contributed by atoms with Crippen molar-refractivity contribution in [3.05, 3.63) is 59.7 Å². The zero-order valence-electron chi connectivity index (χ0n) is 16.5. The lowest BCUT2D eigenvalue weighted by Gasteiger charge is -2.24. The van der Waals surface area contributed by atoms with Crippen molar-refractivity contribution in [1.82, 2.24) is 9.80 Å². The van der Waals surface area contributed by atoms with E-state index in [1.54, 1.807) is 14.2 Å². The molecular formula is C23H30N2O2. The third-order valence-corrected chi connectivity index (χ3v) is 5.94. The fraction of sp³-hybridized carbons (Fsp3) is 0.478. The molecule has 4 rings (SSSR count). The van der Waals surface area contributed by atoms with E-state index in [-0.39, 0.29) is 0 Å².